The van der Waals surface area contributed by atoms with Gasteiger partial charge in [-0.1, -0.05) is 32.9 Å². The Kier molecular flexibility index (Phi) is 2.79. The van der Waals surface area contributed by atoms with Gasteiger partial charge >= 0.3 is 5.97 Å². The van der Waals surface area contributed by atoms with Crippen LogP contribution in [-0.2, 0) is 4.79 Å². The lowest BCUT2D eigenvalue weighted by Gasteiger charge is -2.14. The second-order valence-electron chi connectivity index (χ2n) is 5.04. The Bertz CT molecular complexity index is 223. The Morgan fingerprint density at radius 2 is 2.15 bits per heavy atom. The molecule has 13 heavy (non-hydrogen) atoms. The molecule has 0 spiro atoms. The minimum absolute atomic E-state index is 0.101. The highest BCUT2D eigenvalue weighted by atomic mass is 16.4. The van der Waals surface area contributed by atoms with Crippen LogP contribution in [0.15, 0.2) is 12.2 Å². The molecule has 1 aliphatic carbocycles. The molecule has 1 rings (SSSR count). The number of carboxylic acids is 1. The van der Waals surface area contributed by atoms with E-state index in [2.05, 4.69) is 32.9 Å². The smallest absolute Gasteiger partial charge is 0.307 e. The van der Waals surface area contributed by atoms with Crippen LogP contribution in [0.1, 0.15) is 33.6 Å². The summed E-state index contributed by atoms with van der Waals surface area (Å²) in [5, 5.41) is 8.65. The molecule has 0 heterocycles. The maximum absolute atomic E-state index is 10.5. The van der Waals surface area contributed by atoms with Crippen LogP contribution in [0.5, 0.6) is 0 Å². The van der Waals surface area contributed by atoms with E-state index in [1.165, 1.54) is 0 Å². The number of carbonyl (C=O) groups is 1. The Hall–Kier alpha value is -0.790. The van der Waals surface area contributed by atoms with Crippen LogP contribution in [0, 0.1) is 17.3 Å². The Morgan fingerprint density at radius 3 is 2.54 bits per heavy atom. The van der Waals surface area contributed by atoms with Gasteiger partial charge in [0.2, 0.25) is 0 Å². The number of allylic oxidation sites excluding steroid dienone is 2. The molecule has 0 radical (unpaired) electrons. The third kappa shape index (κ3) is 3.62. The minimum atomic E-state index is -0.648. The summed E-state index contributed by atoms with van der Waals surface area (Å²) in [5.74, 6) is -0.443. The Balaban J connectivity index is 2.25. The van der Waals surface area contributed by atoms with Crippen molar-refractivity contribution in [1.29, 1.82) is 0 Å². The van der Waals surface area contributed by atoms with Crippen LogP contribution in [0.4, 0.5) is 0 Å². The second kappa shape index (κ2) is 3.52. The molecular weight excluding hydrogens is 164 g/mol. The van der Waals surface area contributed by atoms with Crippen LogP contribution in [-0.4, -0.2) is 11.1 Å². The molecule has 74 valence electrons. The van der Waals surface area contributed by atoms with E-state index in [1.54, 1.807) is 0 Å². The molecule has 1 N–H and O–H groups in total. The summed E-state index contributed by atoms with van der Waals surface area (Å²) >= 11 is 0. The van der Waals surface area contributed by atoms with Gasteiger partial charge in [0.1, 0.15) is 0 Å². The monoisotopic (exact) mass is 182 g/mol. The zero-order chi connectivity index (χ0) is 10.1. The van der Waals surface area contributed by atoms with Gasteiger partial charge in [-0.3, -0.25) is 4.79 Å². The van der Waals surface area contributed by atoms with Gasteiger partial charge < -0.3 is 5.11 Å². The van der Waals surface area contributed by atoms with Gasteiger partial charge in [0.05, 0.1) is 5.92 Å². The van der Waals surface area contributed by atoms with Gasteiger partial charge in [0, 0.05) is 0 Å². The number of carboxylic acid groups (broad SMARTS) is 1. The van der Waals surface area contributed by atoms with Crippen molar-refractivity contribution in [3.63, 3.8) is 0 Å². The lowest BCUT2D eigenvalue weighted by molar-refractivity contribution is -0.138. The average molecular weight is 182 g/mol. The van der Waals surface area contributed by atoms with E-state index in [9.17, 15) is 4.79 Å². The molecule has 0 unspecified atom stereocenters. The van der Waals surface area contributed by atoms with Crippen molar-refractivity contribution in [2.75, 3.05) is 0 Å². The number of hydrogen-bond donors (Lipinski definition) is 1. The van der Waals surface area contributed by atoms with Crippen LogP contribution in [0.25, 0.3) is 0 Å². The average Bonchev–Trinajstić information content (AvgIpc) is 2.63. The maximum atomic E-state index is 10.5. The third-order valence-electron chi connectivity index (χ3n) is 2.27. The maximum Gasteiger partial charge on any atom is 0.307 e. The van der Waals surface area contributed by atoms with Crippen molar-refractivity contribution in [2.45, 2.75) is 33.6 Å². The fourth-order valence-electron chi connectivity index (χ4n) is 1.31. The summed E-state index contributed by atoms with van der Waals surface area (Å²) < 4.78 is 0. The quantitative estimate of drug-likeness (QED) is 0.681. The summed E-state index contributed by atoms with van der Waals surface area (Å²) in [6.45, 7) is 6.54. The molecule has 1 aliphatic rings. The predicted octanol–water partition coefficient (Wildman–Crippen LogP) is 2.70. The van der Waals surface area contributed by atoms with Gasteiger partial charge in [0.25, 0.3) is 0 Å². The molecule has 1 fully saturated rings. The standard InChI is InChI=1S/C11H18O2/c1-11(2,3)6-4-5-8-7-9(8)10(12)13/h4-5,8-9H,6-7H2,1-3H3,(H,12,13)/b5-4+/t8-,9+/m0/s1. The number of hydrogen-bond acceptors (Lipinski definition) is 1. The van der Waals surface area contributed by atoms with Gasteiger partial charge in [-0.25, -0.2) is 0 Å². The zero-order valence-corrected chi connectivity index (χ0v) is 8.58. The molecule has 0 aromatic rings. The van der Waals surface area contributed by atoms with Gasteiger partial charge in [-0.15, -0.1) is 0 Å². The lowest BCUT2D eigenvalue weighted by atomic mass is 9.92. The number of aliphatic carboxylic acids is 1. The van der Waals surface area contributed by atoms with E-state index in [0.29, 0.717) is 11.3 Å². The van der Waals surface area contributed by atoms with Crippen molar-refractivity contribution in [2.24, 2.45) is 17.3 Å². The van der Waals surface area contributed by atoms with E-state index in [1.807, 2.05) is 0 Å². The van der Waals surface area contributed by atoms with Crippen LogP contribution >= 0.6 is 0 Å². The molecule has 2 atom stereocenters. The molecular formula is C11H18O2. The van der Waals surface area contributed by atoms with Crippen LogP contribution in [0.3, 0.4) is 0 Å². The molecule has 0 aromatic heterocycles. The highest BCUT2D eigenvalue weighted by molar-refractivity contribution is 5.73. The first kappa shape index (κ1) is 10.3. The first-order chi connectivity index (χ1) is 5.90. The lowest BCUT2D eigenvalue weighted by Crippen LogP contribution is -2.02. The molecule has 0 aromatic carbocycles. The molecule has 0 aliphatic heterocycles. The van der Waals surface area contributed by atoms with E-state index in [-0.39, 0.29) is 5.92 Å². The Labute approximate surface area is 79.6 Å². The summed E-state index contributed by atoms with van der Waals surface area (Å²) in [4.78, 5) is 10.5. The summed E-state index contributed by atoms with van der Waals surface area (Å²) in [6, 6.07) is 0. The normalized spacial score (nSPS) is 27.9. The summed E-state index contributed by atoms with van der Waals surface area (Å²) in [6.07, 6.45) is 6.03. The second-order valence-corrected chi connectivity index (χ2v) is 5.04. The molecule has 0 amide bonds. The topological polar surface area (TPSA) is 37.3 Å². The molecule has 0 bridgehead atoms. The SMILES string of the molecule is CC(C)(C)C/C=C/[C@H]1C[C@H]1C(=O)O. The Morgan fingerprint density at radius 1 is 1.54 bits per heavy atom. The summed E-state index contributed by atoms with van der Waals surface area (Å²) in [5.41, 5.74) is 0.310. The first-order valence-electron chi connectivity index (χ1n) is 4.79. The van der Waals surface area contributed by atoms with Crippen molar-refractivity contribution < 1.29 is 9.90 Å². The summed E-state index contributed by atoms with van der Waals surface area (Å²) in [7, 11) is 0. The highest BCUT2D eigenvalue weighted by Gasteiger charge is 2.40. The van der Waals surface area contributed by atoms with Crippen molar-refractivity contribution in [3.05, 3.63) is 12.2 Å². The fraction of sp³-hybridized carbons (Fsp3) is 0.727. The number of rotatable bonds is 3. The van der Waals surface area contributed by atoms with E-state index < -0.39 is 5.97 Å². The van der Waals surface area contributed by atoms with Crippen molar-refractivity contribution in [3.8, 4) is 0 Å². The van der Waals surface area contributed by atoms with Crippen LogP contribution < -0.4 is 0 Å². The van der Waals surface area contributed by atoms with Gasteiger partial charge in [-0.05, 0) is 24.2 Å². The first-order valence-corrected chi connectivity index (χ1v) is 4.79. The third-order valence-corrected chi connectivity index (χ3v) is 2.27. The minimum Gasteiger partial charge on any atom is -0.481 e. The van der Waals surface area contributed by atoms with E-state index >= 15 is 0 Å². The highest BCUT2D eigenvalue weighted by Crippen LogP contribution is 2.40. The molecule has 2 nitrogen and oxygen atoms in total. The molecule has 2 heteroatoms. The van der Waals surface area contributed by atoms with Gasteiger partial charge in [0.15, 0.2) is 0 Å². The molecule has 0 saturated heterocycles. The zero-order valence-electron chi connectivity index (χ0n) is 8.58. The largest absolute Gasteiger partial charge is 0.481 e. The van der Waals surface area contributed by atoms with Gasteiger partial charge in [-0.2, -0.15) is 0 Å². The van der Waals surface area contributed by atoms with E-state index in [4.69, 9.17) is 5.11 Å². The van der Waals surface area contributed by atoms with E-state index in [0.717, 1.165) is 12.8 Å². The van der Waals surface area contributed by atoms with Crippen molar-refractivity contribution in [1.82, 2.24) is 0 Å². The predicted molar refractivity (Wildman–Crippen MR) is 52.4 cm³/mol. The van der Waals surface area contributed by atoms with Crippen LogP contribution in [0.2, 0.25) is 0 Å². The molecule has 1 saturated carbocycles. The fourth-order valence-corrected chi connectivity index (χ4v) is 1.31. The van der Waals surface area contributed by atoms with Crippen molar-refractivity contribution >= 4 is 5.97 Å².